The number of amides is 1. The largest absolute Gasteiger partial charge is 0.335 e. The van der Waals surface area contributed by atoms with Crippen LogP contribution in [0.15, 0.2) is 22.2 Å². The lowest BCUT2D eigenvalue weighted by Gasteiger charge is -2.32. The fourth-order valence-electron chi connectivity index (χ4n) is 2.44. The maximum absolute atomic E-state index is 12.5. The number of rotatable bonds is 2. The minimum atomic E-state index is 0.0879. The second kappa shape index (κ2) is 5.43. The van der Waals surface area contributed by atoms with Gasteiger partial charge in [0.05, 0.1) is 0 Å². The van der Waals surface area contributed by atoms with Gasteiger partial charge in [-0.2, -0.15) is 11.3 Å². The topological polar surface area (TPSA) is 33.2 Å². The Morgan fingerprint density at radius 2 is 2.32 bits per heavy atom. The highest BCUT2D eigenvalue weighted by Gasteiger charge is 2.25. The van der Waals surface area contributed by atoms with Crippen molar-refractivity contribution in [1.82, 2.24) is 9.88 Å². The molecule has 0 radical (unpaired) electrons. The molecule has 5 heteroatoms. The first-order valence-corrected chi connectivity index (χ1v) is 8.37. The van der Waals surface area contributed by atoms with E-state index < -0.39 is 0 Å². The third-order valence-corrected chi connectivity index (χ3v) is 5.13. The Morgan fingerprint density at radius 3 is 3.05 bits per heavy atom. The lowest BCUT2D eigenvalue weighted by molar-refractivity contribution is 0.0630. The van der Waals surface area contributed by atoms with Crippen LogP contribution in [0.25, 0.3) is 10.6 Å². The molecule has 0 spiro atoms. The summed E-state index contributed by atoms with van der Waals surface area (Å²) in [6.07, 6.45) is 3.44. The number of thiazole rings is 1. The van der Waals surface area contributed by atoms with Crippen LogP contribution < -0.4 is 0 Å². The predicted molar refractivity (Wildman–Crippen MR) is 79.8 cm³/mol. The smallest absolute Gasteiger partial charge is 0.273 e. The van der Waals surface area contributed by atoms with Crippen molar-refractivity contribution in [2.45, 2.75) is 32.2 Å². The van der Waals surface area contributed by atoms with Gasteiger partial charge in [-0.1, -0.05) is 0 Å². The molecule has 0 N–H and O–H groups in total. The average Bonchev–Trinajstić information content (AvgIpc) is 3.09. The van der Waals surface area contributed by atoms with Crippen molar-refractivity contribution in [1.29, 1.82) is 0 Å². The number of hydrogen-bond acceptors (Lipinski definition) is 4. The lowest BCUT2D eigenvalue weighted by Crippen LogP contribution is -2.42. The molecule has 0 aromatic carbocycles. The highest BCUT2D eigenvalue weighted by Crippen LogP contribution is 2.27. The molecule has 19 heavy (non-hydrogen) atoms. The van der Waals surface area contributed by atoms with Crippen LogP contribution in [0.3, 0.4) is 0 Å². The van der Waals surface area contributed by atoms with Crippen LogP contribution in [0.1, 0.15) is 36.7 Å². The summed E-state index contributed by atoms with van der Waals surface area (Å²) < 4.78 is 0. The molecule has 2 aromatic rings. The Morgan fingerprint density at radius 1 is 1.42 bits per heavy atom. The monoisotopic (exact) mass is 292 g/mol. The number of piperidine rings is 1. The molecule has 0 bridgehead atoms. The molecule has 1 aliphatic rings. The van der Waals surface area contributed by atoms with Crippen LogP contribution in [0, 0.1) is 0 Å². The molecule has 2 aromatic heterocycles. The summed E-state index contributed by atoms with van der Waals surface area (Å²) in [5, 5.41) is 6.92. The van der Waals surface area contributed by atoms with Crippen molar-refractivity contribution in [3.63, 3.8) is 0 Å². The van der Waals surface area contributed by atoms with E-state index in [0.29, 0.717) is 11.7 Å². The normalized spacial score (nSPS) is 19.6. The summed E-state index contributed by atoms with van der Waals surface area (Å²) >= 11 is 3.20. The highest BCUT2D eigenvalue weighted by molar-refractivity contribution is 7.14. The van der Waals surface area contributed by atoms with Gasteiger partial charge in [0, 0.05) is 28.9 Å². The Kier molecular flexibility index (Phi) is 3.66. The molecule has 1 amide bonds. The number of hydrogen-bond donors (Lipinski definition) is 0. The number of aromatic nitrogens is 1. The molecule has 1 aliphatic heterocycles. The zero-order valence-electron chi connectivity index (χ0n) is 10.8. The van der Waals surface area contributed by atoms with Crippen LogP contribution in [0.5, 0.6) is 0 Å². The molecule has 1 atom stereocenters. The number of nitrogens with zero attached hydrogens (tertiary/aromatic N) is 2. The third kappa shape index (κ3) is 2.58. The SMILES string of the molecule is CC1CCCCN1C(=O)c1csc(-c2ccsc2)n1. The van der Waals surface area contributed by atoms with Crippen LogP contribution >= 0.6 is 22.7 Å². The van der Waals surface area contributed by atoms with Gasteiger partial charge in [0.2, 0.25) is 0 Å². The van der Waals surface area contributed by atoms with E-state index in [4.69, 9.17) is 0 Å². The van der Waals surface area contributed by atoms with Gasteiger partial charge >= 0.3 is 0 Å². The van der Waals surface area contributed by atoms with E-state index in [-0.39, 0.29) is 5.91 Å². The average molecular weight is 292 g/mol. The second-order valence-corrected chi connectivity index (χ2v) is 6.53. The maximum atomic E-state index is 12.5. The zero-order chi connectivity index (χ0) is 13.2. The summed E-state index contributed by atoms with van der Waals surface area (Å²) in [7, 11) is 0. The van der Waals surface area contributed by atoms with Gasteiger partial charge in [-0.3, -0.25) is 4.79 Å². The first-order chi connectivity index (χ1) is 9.25. The van der Waals surface area contributed by atoms with Gasteiger partial charge in [0.1, 0.15) is 10.7 Å². The summed E-state index contributed by atoms with van der Waals surface area (Å²) in [4.78, 5) is 18.9. The van der Waals surface area contributed by atoms with E-state index in [0.717, 1.165) is 30.0 Å². The van der Waals surface area contributed by atoms with E-state index in [1.165, 1.54) is 6.42 Å². The van der Waals surface area contributed by atoms with Crippen molar-refractivity contribution < 1.29 is 4.79 Å². The molecule has 100 valence electrons. The minimum absolute atomic E-state index is 0.0879. The van der Waals surface area contributed by atoms with Crippen molar-refractivity contribution in [3.8, 4) is 10.6 Å². The molecule has 3 heterocycles. The number of carbonyl (C=O) groups excluding carboxylic acids is 1. The summed E-state index contributed by atoms with van der Waals surface area (Å²) in [5.74, 6) is 0.0879. The quantitative estimate of drug-likeness (QED) is 0.841. The third-order valence-electron chi connectivity index (χ3n) is 3.56. The van der Waals surface area contributed by atoms with E-state index >= 15 is 0 Å². The Labute approximate surface area is 120 Å². The molecule has 1 saturated heterocycles. The van der Waals surface area contributed by atoms with Crippen LogP contribution in [-0.4, -0.2) is 28.4 Å². The first kappa shape index (κ1) is 12.8. The van der Waals surface area contributed by atoms with E-state index in [1.807, 2.05) is 21.7 Å². The lowest BCUT2D eigenvalue weighted by atomic mass is 10.0. The molecule has 0 saturated carbocycles. The van der Waals surface area contributed by atoms with Crippen molar-refractivity contribution in [2.75, 3.05) is 6.54 Å². The Balaban J connectivity index is 1.80. The predicted octanol–water partition coefficient (Wildman–Crippen LogP) is 3.89. The van der Waals surface area contributed by atoms with Crippen LogP contribution in [0.4, 0.5) is 0 Å². The fourth-order valence-corrected chi connectivity index (χ4v) is 3.94. The van der Waals surface area contributed by atoms with Gasteiger partial charge in [0.25, 0.3) is 5.91 Å². The zero-order valence-corrected chi connectivity index (χ0v) is 12.5. The molecular formula is C14H16N2OS2. The molecule has 1 unspecified atom stereocenters. The van der Waals surface area contributed by atoms with Crippen molar-refractivity contribution in [3.05, 3.63) is 27.9 Å². The standard InChI is InChI=1S/C14H16N2OS2/c1-10-4-2-3-6-16(10)14(17)12-9-19-13(15-12)11-5-7-18-8-11/h5,7-10H,2-4,6H2,1H3. The number of likely N-dealkylation sites (tertiary alicyclic amines) is 1. The fraction of sp³-hybridized carbons (Fsp3) is 0.429. The highest BCUT2D eigenvalue weighted by atomic mass is 32.1. The van der Waals surface area contributed by atoms with Gasteiger partial charge in [-0.05, 0) is 37.6 Å². The Bertz CT molecular complexity index is 562. The van der Waals surface area contributed by atoms with E-state index in [1.54, 1.807) is 22.7 Å². The van der Waals surface area contributed by atoms with E-state index in [2.05, 4.69) is 17.3 Å². The molecule has 1 fully saturated rings. The van der Waals surface area contributed by atoms with Gasteiger partial charge in [-0.25, -0.2) is 4.98 Å². The summed E-state index contributed by atoms with van der Waals surface area (Å²) in [5.41, 5.74) is 1.71. The van der Waals surface area contributed by atoms with Crippen molar-refractivity contribution in [2.24, 2.45) is 0 Å². The number of carbonyl (C=O) groups is 1. The molecular weight excluding hydrogens is 276 g/mol. The van der Waals surface area contributed by atoms with Crippen LogP contribution in [0.2, 0.25) is 0 Å². The summed E-state index contributed by atoms with van der Waals surface area (Å²) in [6.45, 7) is 2.99. The van der Waals surface area contributed by atoms with Crippen molar-refractivity contribution >= 4 is 28.6 Å². The van der Waals surface area contributed by atoms with Gasteiger partial charge in [-0.15, -0.1) is 11.3 Å². The first-order valence-electron chi connectivity index (χ1n) is 6.55. The summed E-state index contributed by atoms with van der Waals surface area (Å²) in [6, 6.07) is 2.38. The Hall–Kier alpha value is -1.20. The minimum Gasteiger partial charge on any atom is -0.335 e. The molecule has 0 aliphatic carbocycles. The molecule has 3 rings (SSSR count). The maximum Gasteiger partial charge on any atom is 0.273 e. The van der Waals surface area contributed by atoms with Gasteiger partial charge in [0.15, 0.2) is 0 Å². The molecule has 3 nitrogen and oxygen atoms in total. The van der Waals surface area contributed by atoms with Gasteiger partial charge < -0.3 is 4.90 Å². The van der Waals surface area contributed by atoms with Crippen LogP contribution in [-0.2, 0) is 0 Å². The number of thiophene rings is 1. The second-order valence-electron chi connectivity index (χ2n) is 4.89. The van der Waals surface area contributed by atoms with E-state index in [9.17, 15) is 4.79 Å².